The van der Waals surface area contributed by atoms with E-state index in [0.29, 0.717) is 11.3 Å². The normalized spacial score (nSPS) is 9.76. The Kier molecular flexibility index (Phi) is 5.34. The second-order valence-electron chi connectivity index (χ2n) is 4.11. The molecule has 6 heteroatoms. The van der Waals surface area contributed by atoms with Crippen molar-refractivity contribution in [1.29, 1.82) is 0 Å². The van der Waals surface area contributed by atoms with E-state index in [1.807, 2.05) is 12.1 Å². The van der Waals surface area contributed by atoms with E-state index in [-0.39, 0.29) is 12.5 Å². The number of benzene rings is 2. The van der Waals surface area contributed by atoms with E-state index in [2.05, 4.69) is 26.8 Å². The predicted molar refractivity (Wildman–Crippen MR) is 81.7 cm³/mol. The lowest BCUT2D eigenvalue weighted by atomic mass is 10.2. The number of halogens is 1. The van der Waals surface area contributed by atoms with Crippen LogP contribution in [0, 0.1) is 0 Å². The molecule has 0 saturated carbocycles. The van der Waals surface area contributed by atoms with Crippen molar-refractivity contribution < 1.29 is 14.3 Å². The van der Waals surface area contributed by atoms with Gasteiger partial charge in [0, 0.05) is 10.0 Å². The third kappa shape index (κ3) is 4.92. The van der Waals surface area contributed by atoms with Gasteiger partial charge in [0.1, 0.15) is 5.75 Å². The van der Waals surface area contributed by atoms with Gasteiger partial charge in [0.25, 0.3) is 11.8 Å². The Morgan fingerprint density at radius 3 is 2.29 bits per heavy atom. The van der Waals surface area contributed by atoms with Gasteiger partial charge in [-0.15, -0.1) is 0 Å². The van der Waals surface area contributed by atoms with Crippen LogP contribution in [0.2, 0.25) is 0 Å². The van der Waals surface area contributed by atoms with Gasteiger partial charge < -0.3 is 4.74 Å². The minimum atomic E-state index is -0.442. The van der Waals surface area contributed by atoms with Gasteiger partial charge in [-0.2, -0.15) is 0 Å². The highest BCUT2D eigenvalue weighted by Gasteiger charge is 2.07. The van der Waals surface area contributed by atoms with Gasteiger partial charge in [0.2, 0.25) is 0 Å². The number of hydrogen-bond donors (Lipinski definition) is 2. The molecular weight excluding hydrogens is 336 g/mol. The summed E-state index contributed by atoms with van der Waals surface area (Å²) in [5, 5.41) is 0. The van der Waals surface area contributed by atoms with Gasteiger partial charge >= 0.3 is 0 Å². The first kappa shape index (κ1) is 15.1. The third-order valence-corrected chi connectivity index (χ3v) is 3.06. The summed E-state index contributed by atoms with van der Waals surface area (Å²) >= 11 is 3.31. The standard InChI is InChI=1S/C15H13BrN2O3/c16-12-6-8-13(9-7-12)21-10-14(19)17-18-15(20)11-4-2-1-3-5-11/h1-9H,10H2,(H,17,19)(H,18,20). The molecular formula is C15H13BrN2O3. The van der Waals surface area contributed by atoms with Crippen LogP contribution in [-0.2, 0) is 4.79 Å². The maximum absolute atomic E-state index is 11.7. The second kappa shape index (κ2) is 7.44. The molecule has 0 fully saturated rings. The van der Waals surface area contributed by atoms with Gasteiger partial charge in [-0.25, -0.2) is 0 Å². The van der Waals surface area contributed by atoms with Crippen molar-refractivity contribution in [3.05, 3.63) is 64.6 Å². The van der Waals surface area contributed by atoms with E-state index in [4.69, 9.17) is 4.74 Å². The Balaban J connectivity index is 1.75. The summed E-state index contributed by atoms with van der Waals surface area (Å²) in [4.78, 5) is 23.2. The first-order chi connectivity index (χ1) is 10.1. The van der Waals surface area contributed by atoms with Crippen LogP contribution >= 0.6 is 15.9 Å². The highest BCUT2D eigenvalue weighted by molar-refractivity contribution is 9.10. The molecule has 2 amide bonds. The summed E-state index contributed by atoms with van der Waals surface area (Å²) in [6, 6.07) is 15.7. The van der Waals surface area contributed by atoms with Gasteiger partial charge in [-0.05, 0) is 36.4 Å². The van der Waals surface area contributed by atoms with Gasteiger partial charge in [0.15, 0.2) is 6.61 Å². The lowest BCUT2D eigenvalue weighted by Gasteiger charge is -2.08. The molecule has 0 bridgehead atoms. The second-order valence-corrected chi connectivity index (χ2v) is 5.03. The van der Waals surface area contributed by atoms with Crippen molar-refractivity contribution in [3.63, 3.8) is 0 Å². The van der Waals surface area contributed by atoms with E-state index >= 15 is 0 Å². The lowest BCUT2D eigenvalue weighted by Crippen LogP contribution is -2.43. The molecule has 0 aliphatic heterocycles. The molecule has 0 atom stereocenters. The predicted octanol–water partition coefficient (Wildman–Crippen LogP) is 2.29. The highest BCUT2D eigenvalue weighted by Crippen LogP contribution is 2.15. The number of carbonyl (C=O) groups is 2. The van der Waals surface area contributed by atoms with E-state index in [9.17, 15) is 9.59 Å². The Morgan fingerprint density at radius 1 is 0.952 bits per heavy atom. The van der Waals surface area contributed by atoms with Crippen LogP contribution in [0.25, 0.3) is 0 Å². The number of rotatable bonds is 4. The number of amides is 2. The fourth-order valence-electron chi connectivity index (χ4n) is 1.50. The van der Waals surface area contributed by atoms with Crippen molar-refractivity contribution in [2.45, 2.75) is 0 Å². The number of carbonyl (C=O) groups excluding carboxylic acids is 2. The number of hydrogen-bond acceptors (Lipinski definition) is 3. The molecule has 2 aromatic carbocycles. The number of hydrazine groups is 1. The summed E-state index contributed by atoms with van der Waals surface area (Å²) in [6.07, 6.45) is 0. The minimum absolute atomic E-state index is 0.184. The fraction of sp³-hybridized carbons (Fsp3) is 0.0667. The largest absolute Gasteiger partial charge is 0.484 e. The zero-order valence-electron chi connectivity index (χ0n) is 11.0. The van der Waals surface area contributed by atoms with Crippen molar-refractivity contribution in [2.75, 3.05) is 6.61 Å². The molecule has 0 aromatic heterocycles. The van der Waals surface area contributed by atoms with Gasteiger partial charge in [0.05, 0.1) is 0 Å². The first-order valence-corrected chi connectivity index (χ1v) is 6.97. The Hall–Kier alpha value is -2.34. The van der Waals surface area contributed by atoms with Crippen LogP contribution in [-0.4, -0.2) is 18.4 Å². The van der Waals surface area contributed by atoms with Crippen LogP contribution in [0.15, 0.2) is 59.1 Å². The molecule has 5 nitrogen and oxygen atoms in total. The minimum Gasteiger partial charge on any atom is -0.484 e. The topological polar surface area (TPSA) is 67.4 Å². The summed E-state index contributed by atoms with van der Waals surface area (Å²) < 4.78 is 6.20. The van der Waals surface area contributed by atoms with E-state index < -0.39 is 5.91 Å². The molecule has 0 spiro atoms. The first-order valence-electron chi connectivity index (χ1n) is 6.18. The Bertz CT molecular complexity index is 615. The Labute approximate surface area is 130 Å². The van der Waals surface area contributed by atoms with E-state index in [1.54, 1.807) is 42.5 Å². The molecule has 21 heavy (non-hydrogen) atoms. The molecule has 0 heterocycles. The zero-order valence-corrected chi connectivity index (χ0v) is 12.6. The van der Waals surface area contributed by atoms with E-state index in [0.717, 1.165) is 4.47 Å². The summed E-state index contributed by atoms with van der Waals surface area (Å²) in [5.41, 5.74) is 5.07. The van der Waals surface area contributed by atoms with Crippen LogP contribution in [0.5, 0.6) is 5.75 Å². The number of ether oxygens (including phenoxy) is 1. The molecule has 0 aliphatic carbocycles. The molecule has 108 valence electrons. The molecule has 0 saturated heterocycles. The molecule has 2 aromatic rings. The van der Waals surface area contributed by atoms with Crippen molar-refractivity contribution in [2.24, 2.45) is 0 Å². The average Bonchev–Trinajstić information content (AvgIpc) is 2.53. The van der Waals surface area contributed by atoms with Crippen molar-refractivity contribution in [1.82, 2.24) is 10.9 Å². The molecule has 0 unspecified atom stereocenters. The SMILES string of the molecule is O=C(COc1ccc(Br)cc1)NNC(=O)c1ccccc1. The third-order valence-electron chi connectivity index (χ3n) is 2.53. The van der Waals surface area contributed by atoms with Crippen LogP contribution < -0.4 is 15.6 Å². The maximum atomic E-state index is 11.7. The van der Waals surface area contributed by atoms with Crippen LogP contribution in [0.4, 0.5) is 0 Å². The lowest BCUT2D eigenvalue weighted by molar-refractivity contribution is -0.123. The summed E-state index contributed by atoms with van der Waals surface area (Å²) in [7, 11) is 0. The Morgan fingerprint density at radius 2 is 1.62 bits per heavy atom. The van der Waals surface area contributed by atoms with Crippen molar-refractivity contribution in [3.8, 4) is 5.75 Å². The zero-order chi connectivity index (χ0) is 15.1. The van der Waals surface area contributed by atoms with Crippen LogP contribution in [0.1, 0.15) is 10.4 Å². The van der Waals surface area contributed by atoms with Crippen molar-refractivity contribution >= 4 is 27.7 Å². The van der Waals surface area contributed by atoms with E-state index in [1.165, 1.54) is 0 Å². The molecule has 2 N–H and O–H groups in total. The average molecular weight is 349 g/mol. The number of nitrogens with one attached hydrogen (secondary N) is 2. The molecule has 0 radical (unpaired) electrons. The summed E-state index contributed by atoms with van der Waals surface area (Å²) in [6.45, 7) is -0.184. The monoisotopic (exact) mass is 348 g/mol. The fourth-order valence-corrected chi connectivity index (χ4v) is 1.77. The van der Waals surface area contributed by atoms with Crippen LogP contribution in [0.3, 0.4) is 0 Å². The van der Waals surface area contributed by atoms with Gasteiger partial charge in [-0.1, -0.05) is 34.1 Å². The quantitative estimate of drug-likeness (QED) is 0.833. The molecule has 2 rings (SSSR count). The molecule has 0 aliphatic rings. The maximum Gasteiger partial charge on any atom is 0.276 e. The summed E-state index contributed by atoms with van der Waals surface area (Å²) in [5.74, 6) is -0.252. The van der Waals surface area contributed by atoms with Gasteiger partial charge in [-0.3, -0.25) is 20.4 Å². The highest BCUT2D eigenvalue weighted by atomic mass is 79.9. The smallest absolute Gasteiger partial charge is 0.276 e.